The molecule has 0 aromatic heterocycles. The van der Waals surface area contributed by atoms with E-state index in [4.69, 9.17) is 4.18 Å². The topological polar surface area (TPSA) is 60.4 Å². The minimum atomic E-state index is -3.51. The van der Waals surface area contributed by atoms with Crippen molar-refractivity contribution in [3.63, 3.8) is 0 Å². The fourth-order valence-electron chi connectivity index (χ4n) is 2.84. The molecule has 1 fully saturated rings. The SMILES string of the molecule is C[C@@]1(CCCCCCI)C(=O)CCC[C@@H]1OS(C)(=O)=O. The molecule has 0 amide bonds. The second-order valence-corrected chi connectivity index (χ2v) is 8.55. The van der Waals surface area contributed by atoms with E-state index in [2.05, 4.69) is 22.6 Å². The van der Waals surface area contributed by atoms with Crippen molar-refractivity contribution >= 4 is 38.5 Å². The summed E-state index contributed by atoms with van der Waals surface area (Å²) >= 11 is 2.37. The van der Waals surface area contributed by atoms with E-state index < -0.39 is 21.6 Å². The molecule has 4 nitrogen and oxygen atoms in total. The number of hydrogen-bond donors (Lipinski definition) is 0. The molecule has 1 saturated carbocycles. The first-order valence-corrected chi connectivity index (χ1v) is 10.6. The maximum Gasteiger partial charge on any atom is 0.264 e. The van der Waals surface area contributed by atoms with Crippen molar-refractivity contribution in [2.24, 2.45) is 5.41 Å². The molecule has 0 radical (unpaired) electrons. The lowest BCUT2D eigenvalue weighted by atomic mass is 9.69. The van der Waals surface area contributed by atoms with Gasteiger partial charge in [0.1, 0.15) is 5.78 Å². The van der Waals surface area contributed by atoms with E-state index in [1.807, 2.05) is 6.92 Å². The second-order valence-electron chi connectivity index (χ2n) is 5.88. The fourth-order valence-corrected chi connectivity index (χ4v) is 4.11. The van der Waals surface area contributed by atoms with Gasteiger partial charge in [0.25, 0.3) is 10.1 Å². The average Bonchev–Trinajstić information content (AvgIpc) is 2.34. The van der Waals surface area contributed by atoms with Crippen LogP contribution < -0.4 is 0 Å². The van der Waals surface area contributed by atoms with Gasteiger partial charge >= 0.3 is 0 Å². The van der Waals surface area contributed by atoms with Crippen molar-refractivity contribution in [1.82, 2.24) is 0 Å². The monoisotopic (exact) mass is 416 g/mol. The van der Waals surface area contributed by atoms with E-state index in [9.17, 15) is 13.2 Å². The standard InChI is InChI=1S/C14H25IO4S/c1-14(10-5-3-4-6-11-15)12(16)8-7-9-13(14)19-20(2,17)18/h13H,3-11H2,1-2H3/t13-,14+/m0/s1. The third-order valence-electron chi connectivity index (χ3n) is 4.09. The smallest absolute Gasteiger partial charge is 0.264 e. The molecule has 20 heavy (non-hydrogen) atoms. The third kappa shape index (κ3) is 5.60. The van der Waals surface area contributed by atoms with Crippen LogP contribution in [0.5, 0.6) is 0 Å². The summed E-state index contributed by atoms with van der Waals surface area (Å²) in [6, 6.07) is 0. The molecule has 0 heterocycles. The number of rotatable bonds is 8. The van der Waals surface area contributed by atoms with E-state index in [0.717, 1.165) is 36.4 Å². The Kier molecular flexibility index (Phi) is 7.41. The lowest BCUT2D eigenvalue weighted by Crippen LogP contribution is -2.45. The van der Waals surface area contributed by atoms with Crippen molar-refractivity contribution in [3.8, 4) is 0 Å². The minimum Gasteiger partial charge on any atom is -0.299 e. The number of unbranched alkanes of at least 4 members (excludes halogenated alkanes) is 3. The molecular weight excluding hydrogens is 391 g/mol. The van der Waals surface area contributed by atoms with Crippen LogP contribution >= 0.6 is 22.6 Å². The molecule has 0 aromatic rings. The second kappa shape index (κ2) is 8.08. The van der Waals surface area contributed by atoms with Crippen molar-refractivity contribution < 1.29 is 17.4 Å². The van der Waals surface area contributed by atoms with Crippen LogP contribution in [0.15, 0.2) is 0 Å². The molecule has 1 aliphatic rings. The molecular formula is C14H25IO4S. The third-order valence-corrected chi connectivity index (χ3v) is 5.43. The van der Waals surface area contributed by atoms with Crippen LogP contribution in [-0.4, -0.2) is 31.0 Å². The first-order chi connectivity index (χ1) is 9.29. The highest BCUT2D eigenvalue weighted by Gasteiger charge is 2.45. The van der Waals surface area contributed by atoms with Crippen LogP contribution in [0.2, 0.25) is 0 Å². The van der Waals surface area contributed by atoms with E-state index >= 15 is 0 Å². The summed E-state index contributed by atoms with van der Waals surface area (Å²) in [6.45, 7) is 1.88. The summed E-state index contributed by atoms with van der Waals surface area (Å²) in [5, 5.41) is 0. The van der Waals surface area contributed by atoms with Crippen LogP contribution in [0, 0.1) is 5.41 Å². The normalized spacial score (nSPS) is 27.8. The Bertz CT molecular complexity index is 421. The van der Waals surface area contributed by atoms with Gasteiger partial charge in [-0.05, 0) is 30.1 Å². The Hall–Kier alpha value is 0.310. The van der Waals surface area contributed by atoms with Crippen LogP contribution in [0.25, 0.3) is 0 Å². The molecule has 0 spiro atoms. The Labute approximate surface area is 136 Å². The molecule has 1 aliphatic carbocycles. The van der Waals surface area contributed by atoms with Gasteiger partial charge in [0.2, 0.25) is 0 Å². The lowest BCUT2D eigenvalue weighted by molar-refractivity contribution is -0.137. The number of hydrogen-bond acceptors (Lipinski definition) is 4. The van der Waals surface area contributed by atoms with Gasteiger partial charge in [0.15, 0.2) is 0 Å². The molecule has 0 saturated heterocycles. The molecule has 118 valence electrons. The maximum atomic E-state index is 12.3. The van der Waals surface area contributed by atoms with Gasteiger partial charge in [-0.15, -0.1) is 0 Å². The predicted molar refractivity (Wildman–Crippen MR) is 88.7 cm³/mol. The molecule has 0 aliphatic heterocycles. The van der Waals surface area contributed by atoms with Crippen molar-refractivity contribution in [1.29, 1.82) is 0 Å². The fraction of sp³-hybridized carbons (Fsp3) is 0.929. The predicted octanol–water partition coefficient (Wildman–Crippen LogP) is 3.48. The zero-order valence-corrected chi connectivity index (χ0v) is 15.3. The summed E-state index contributed by atoms with van der Waals surface area (Å²) in [5.41, 5.74) is -0.633. The van der Waals surface area contributed by atoms with Gasteiger partial charge in [-0.3, -0.25) is 8.98 Å². The van der Waals surface area contributed by atoms with Crippen LogP contribution in [-0.2, 0) is 19.1 Å². The van der Waals surface area contributed by atoms with E-state index in [1.54, 1.807) is 0 Å². The van der Waals surface area contributed by atoms with Crippen LogP contribution in [0.3, 0.4) is 0 Å². The van der Waals surface area contributed by atoms with E-state index in [1.165, 1.54) is 12.8 Å². The number of Topliss-reactive ketones (excluding diaryl/α,β-unsaturated/α-hetero) is 1. The average molecular weight is 416 g/mol. The van der Waals surface area contributed by atoms with Gasteiger partial charge in [-0.1, -0.05) is 48.8 Å². The molecule has 0 bridgehead atoms. The first kappa shape index (κ1) is 18.4. The Morgan fingerprint density at radius 2 is 1.95 bits per heavy atom. The van der Waals surface area contributed by atoms with Gasteiger partial charge in [0, 0.05) is 6.42 Å². The Morgan fingerprint density at radius 1 is 1.30 bits per heavy atom. The summed E-state index contributed by atoms with van der Waals surface area (Å²) < 4.78 is 29.1. The molecule has 0 unspecified atom stereocenters. The van der Waals surface area contributed by atoms with Gasteiger partial charge in [-0.2, -0.15) is 8.42 Å². The van der Waals surface area contributed by atoms with Crippen LogP contribution in [0.4, 0.5) is 0 Å². The minimum absolute atomic E-state index is 0.159. The largest absolute Gasteiger partial charge is 0.299 e. The Balaban J connectivity index is 2.64. The van der Waals surface area contributed by atoms with E-state index in [-0.39, 0.29) is 5.78 Å². The zero-order chi connectivity index (χ0) is 15.2. The quantitative estimate of drug-likeness (QED) is 0.263. The molecule has 0 aromatic carbocycles. The van der Waals surface area contributed by atoms with Gasteiger partial charge in [0.05, 0.1) is 17.8 Å². The number of ketones is 1. The summed E-state index contributed by atoms with van der Waals surface area (Å²) in [7, 11) is -3.51. The van der Waals surface area contributed by atoms with Crippen molar-refractivity contribution in [2.45, 2.75) is 64.4 Å². The molecule has 0 N–H and O–H groups in total. The maximum absolute atomic E-state index is 12.3. The Morgan fingerprint density at radius 3 is 2.55 bits per heavy atom. The number of alkyl halides is 1. The molecule has 6 heteroatoms. The summed E-state index contributed by atoms with van der Waals surface area (Å²) in [6.07, 6.45) is 7.67. The summed E-state index contributed by atoms with van der Waals surface area (Å²) in [4.78, 5) is 12.3. The number of carbonyl (C=O) groups is 1. The van der Waals surface area contributed by atoms with Crippen molar-refractivity contribution in [3.05, 3.63) is 0 Å². The van der Waals surface area contributed by atoms with E-state index in [0.29, 0.717) is 12.8 Å². The van der Waals surface area contributed by atoms with Gasteiger partial charge < -0.3 is 0 Å². The highest BCUT2D eigenvalue weighted by Crippen LogP contribution is 2.40. The highest BCUT2D eigenvalue weighted by molar-refractivity contribution is 14.1. The zero-order valence-electron chi connectivity index (χ0n) is 12.4. The molecule has 2 atom stereocenters. The number of carbonyl (C=O) groups excluding carboxylic acids is 1. The molecule has 1 rings (SSSR count). The number of halogens is 1. The lowest BCUT2D eigenvalue weighted by Gasteiger charge is -2.39. The first-order valence-electron chi connectivity index (χ1n) is 7.27. The van der Waals surface area contributed by atoms with Crippen molar-refractivity contribution in [2.75, 3.05) is 10.7 Å². The summed E-state index contributed by atoms with van der Waals surface area (Å²) in [5.74, 6) is 0.159. The van der Waals surface area contributed by atoms with Crippen LogP contribution in [0.1, 0.15) is 58.3 Å². The van der Waals surface area contributed by atoms with Gasteiger partial charge in [-0.25, -0.2) is 0 Å². The highest BCUT2D eigenvalue weighted by atomic mass is 127.